The summed E-state index contributed by atoms with van der Waals surface area (Å²) in [5, 5.41) is 2.95. The Hall–Kier alpha value is -4.07. The zero-order chi connectivity index (χ0) is 21.1. The van der Waals surface area contributed by atoms with Crippen molar-refractivity contribution in [2.24, 2.45) is 5.18 Å². The SMILES string of the molecule is O=Nc1ccc(-n2ccccc2=O)cc1OCCCN1C(=O)c2ccccc2C1=O. The predicted molar refractivity (Wildman–Crippen MR) is 109 cm³/mol. The Morgan fingerprint density at radius 1 is 0.867 bits per heavy atom. The van der Waals surface area contributed by atoms with Gasteiger partial charge in [0.1, 0.15) is 5.69 Å². The molecule has 0 atom stereocenters. The minimum Gasteiger partial charge on any atom is -0.491 e. The van der Waals surface area contributed by atoms with E-state index >= 15 is 0 Å². The first-order valence-electron chi connectivity index (χ1n) is 9.33. The van der Waals surface area contributed by atoms with Crippen LogP contribution in [-0.2, 0) is 0 Å². The molecule has 0 N–H and O–H groups in total. The number of nitrogens with zero attached hydrogens (tertiary/aromatic N) is 3. The second-order valence-electron chi connectivity index (χ2n) is 6.66. The van der Waals surface area contributed by atoms with Crippen LogP contribution in [0.5, 0.6) is 5.75 Å². The van der Waals surface area contributed by atoms with E-state index < -0.39 is 0 Å². The number of aromatic nitrogens is 1. The molecule has 2 amide bonds. The van der Waals surface area contributed by atoms with E-state index in [1.165, 1.54) is 21.6 Å². The smallest absolute Gasteiger partial charge is 0.261 e. The maximum atomic E-state index is 12.4. The van der Waals surface area contributed by atoms with Crippen molar-refractivity contribution >= 4 is 17.5 Å². The van der Waals surface area contributed by atoms with E-state index in [9.17, 15) is 19.3 Å². The number of amides is 2. The Balaban J connectivity index is 1.43. The van der Waals surface area contributed by atoms with Gasteiger partial charge in [0.2, 0.25) is 0 Å². The summed E-state index contributed by atoms with van der Waals surface area (Å²) < 4.78 is 7.10. The molecule has 4 rings (SSSR count). The maximum absolute atomic E-state index is 12.4. The average molecular weight is 403 g/mol. The quantitative estimate of drug-likeness (QED) is 0.342. The number of ether oxygens (including phenoxy) is 1. The van der Waals surface area contributed by atoms with Gasteiger partial charge in [0.05, 0.1) is 23.4 Å². The maximum Gasteiger partial charge on any atom is 0.261 e. The topological polar surface area (TPSA) is 98.0 Å². The zero-order valence-electron chi connectivity index (χ0n) is 15.9. The molecule has 150 valence electrons. The van der Waals surface area contributed by atoms with Crippen molar-refractivity contribution in [2.45, 2.75) is 6.42 Å². The van der Waals surface area contributed by atoms with Crippen LogP contribution in [0, 0.1) is 4.91 Å². The lowest BCUT2D eigenvalue weighted by molar-refractivity contribution is 0.0647. The molecule has 0 saturated carbocycles. The van der Waals surface area contributed by atoms with E-state index in [4.69, 9.17) is 4.74 Å². The molecule has 2 aromatic carbocycles. The Kier molecular flexibility index (Phi) is 5.21. The van der Waals surface area contributed by atoms with Gasteiger partial charge in [-0.2, -0.15) is 0 Å². The normalized spacial score (nSPS) is 12.7. The molecule has 30 heavy (non-hydrogen) atoms. The summed E-state index contributed by atoms with van der Waals surface area (Å²) >= 11 is 0. The van der Waals surface area contributed by atoms with Gasteiger partial charge in [0.15, 0.2) is 5.75 Å². The number of imide groups is 1. The molecule has 0 fully saturated rings. The minimum atomic E-state index is -0.323. The van der Waals surface area contributed by atoms with Crippen LogP contribution in [0.15, 0.2) is 76.8 Å². The average Bonchev–Trinajstić information content (AvgIpc) is 3.02. The van der Waals surface area contributed by atoms with Crippen molar-refractivity contribution < 1.29 is 14.3 Å². The monoisotopic (exact) mass is 403 g/mol. The fourth-order valence-corrected chi connectivity index (χ4v) is 3.33. The third-order valence-electron chi connectivity index (χ3n) is 4.80. The third-order valence-corrected chi connectivity index (χ3v) is 4.80. The summed E-state index contributed by atoms with van der Waals surface area (Å²) in [7, 11) is 0. The van der Waals surface area contributed by atoms with Crippen molar-refractivity contribution in [1.29, 1.82) is 0 Å². The summed E-state index contributed by atoms with van der Waals surface area (Å²) in [6, 6.07) is 16.1. The second-order valence-corrected chi connectivity index (χ2v) is 6.66. The molecule has 0 saturated heterocycles. The lowest BCUT2D eigenvalue weighted by Crippen LogP contribution is -2.31. The van der Waals surface area contributed by atoms with Gasteiger partial charge in [-0.1, -0.05) is 18.2 Å². The fraction of sp³-hybridized carbons (Fsp3) is 0.136. The van der Waals surface area contributed by atoms with Gasteiger partial charge in [0.25, 0.3) is 17.4 Å². The lowest BCUT2D eigenvalue weighted by atomic mass is 10.1. The Morgan fingerprint density at radius 2 is 1.57 bits per heavy atom. The second kappa shape index (κ2) is 8.12. The molecule has 0 bridgehead atoms. The number of carbonyl (C=O) groups excluding carboxylic acids is 2. The number of nitroso groups, excluding NO2 is 1. The van der Waals surface area contributed by atoms with Crippen LogP contribution in [0.2, 0.25) is 0 Å². The van der Waals surface area contributed by atoms with Gasteiger partial charge in [-0.15, -0.1) is 4.91 Å². The van der Waals surface area contributed by atoms with Crippen LogP contribution in [0.1, 0.15) is 27.1 Å². The van der Waals surface area contributed by atoms with Crippen LogP contribution < -0.4 is 10.3 Å². The number of rotatable bonds is 7. The highest BCUT2D eigenvalue weighted by Crippen LogP contribution is 2.30. The largest absolute Gasteiger partial charge is 0.491 e. The van der Waals surface area contributed by atoms with Gasteiger partial charge in [-0.05, 0) is 41.9 Å². The highest BCUT2D eigenvalue weighted by atomic mass is 16.5. The van der Waals surface area contributed by atoms with Crippen LogP contribution in [0.3, 0.4) is 0 Å². The van der Waals surface area contributed by atoms with Gasteiger partial charge in [0, 0.05) is 24.9 Å². The van der Waals surface area contributed by atoms with Crippen LogP contribution in [0.25, 0.3) is 5.69 Å². The van der Waals surface area contributed by atoms with Crippen LogP contribution >= 0.6 is 0 Å². The van der Waals surface area contributed by atoms with Crippen LogP contribution in [0.4, 0.5) is 5.69 Å². The van der Waals surface area contributed by atoms with Crippen molar-refractivity contribution in [3.8, 4) is 11.4 Å². The van der Waals surface area contributed by atoms with Crippen molar-refractivity contribution in [3.63, 3.8) is 0 Å². The Labute approximate surface area is 171 Å². The van der Waals surface area contributed by atoms with E-state index in [1.807, 2.05) is 0 Å². The summed E-state index contributed by atoms with van der Waals surface area (Å²) in [6.45, 7) is 0.344. The molecule has 0 radical (unpaired) electrons. The number of hydrogen-bond donors (Lipinski definition) is 0. The van der Waals surface area contributed by atoms with E-state index in [2.05, 4.69) is 5.18 Å². The first-order chi connectivity index (χ1) is 14.6. The summed E-state index contributed by atoms with van der Waals surface area (Å²) in [5.74, 6) is -0.423. The minimum absolute atomic E-state index is 0.100. The molecule has 2 heterocycles. The molecule has 1 aromatic heterocycles. The lowest BCUT2D eigenvalue weighted by Gasteiger charge is -2.15. The Bertz CT molecular complexity index is 1170. The van der Waals surface area contributed by atoms with E-state index in [0.717, 1.165) is 0 Å². The third kappa shape index (κ3) is 3.50. The molecular formula is C22H17N3O5. The summed E-state index contributed by atoms with van der Waals surface area (Å²) in [5.41, 5.74) is 1.21. The molecule has 1 aliphatic heterocycles. The molecule has 8 heteroatoms. The molecule has 8 nitrogen and oxygen atoms in total. The number of hydrogen-bond acceptors (Lipinski definition) is 6. The standard InChI is InChI=1S/C22H17N3O5/c26-20-8-3-4-11-24(20)15-9-10-18(23-29)19(14-15)30-13-5-12-25-21(27)16-6-1-2-7-17(16)22(25)28/h1-4,6-11,14H,5,12-13H2. The van der Waals surface area contributed by atoms with E-state index in [-0.39, 0.29) is 42.0 Å². The molecule has 3 aromatic rings. The number of carbonyl (C=O) groups is 2. The van der Waals surface area contributed by atoms with Gasteiger partial charge in [-0.3, -0.25) is 23.9 Å². The number of benzene rings is 2. The number of pyridine rings is 1. The fourth-order valence-electron chi connectivity index (χ4n) is 3.33. The Morgan fingerprint density at radius 3 is 2.23 bits per heavy atom. The molecule has 0 aliphatic carbocycles. The van der Waals surface area contributed by atoms with Crippen molar-refractivity contribution in [1.82, 2.24) is 9.47 Å². The van der Waals surface area contributed by atoms with Gasteiger partial charge in [-0.25, -0.2) is 0 Å². The summed E-state index contributed by atoms with van der Waals surface area (Å²) in [6.07, 6.45) is 1.98. The van der Waals surface area contributed by atoms with E-state index in [0.29, 0.717) is 23.2 Å². The molecular weight excluding hydrogens is 386 g/mol. The molecule has 1 aliphatic rings. The zero-order valence-corrected chi connectivity index (χ0v) is 15.9. The number of fused-ring (bicyclic) bond motifs is 1. The van der Waals surface area contributed by atoms with Crippen molar-refractivity contribution in [2.75, 3.05) is 13.2 Å². The van der Waals surface area contributed by atoms with Crippen molar-refractivity contribution in [3.05, 3.63) is 93.2 Å². The molecule has 0 spiro atoms. The van der Waals surface area contributed by atoms with E-state index in [1.54, 1.807) is 54.7 Å². The summed E-state index contributed by atoms with van der Waals surface area (Å²) in [4.78, 5) is 49.1. The highest BCUT2D eigenvalue weighted by Gasteiger charge is 2.34. The molecule has 0 unspecified atom stereocenters. The van der Waals surface area contributed by atoms with Gasteiger partial charge < -0.3 is 4.74 Å². The van der Waals surface area contributed by atoms with Gasteiger partial charge >= 0.3 is 0 Å². The highest BCUT2D eigenvalue weighted by molar-refractivity contribution is 6.21. The van der Waals surface area contributed by atoms with Crippen LogP contribution in [-0.4, -0.2) is 34.4 Å². The first kappa shape index (κ1) is 19.3. The predicted octanol–water partition coefficient (Wildman–Crippen LogP) is 3.30. The first-order valence-corrected chi connectivity index (χ1v) is 9.33.